The van der Waals surface area contributed by atoms with Crippen molar-refractivity contribution in [3.63, 3.8) is 0 Å². The largest absolute Gasteiger partial charge is 0.497 e. The standard InChI is InChI=1S/C12H13FO4/c1-12(13,11(15)17-3)10(14)8-4-6-9(16-2)7-5-8/h4-7H,1-3H3/t12-/m1/s1. The van der Waals surface area contributed by atoms with Gasteiger partial charge in [0.05, 0.1) is 14.2 Å². The van der Waals surface area contributed by atoms with E-state index in [9.17, 15) is 14.0 Å². The van der Waals surface area contributed by atoms with E-state index in [1.54, 1.807) is 0 Å². The summed E-state index contributed by atoms with van der Waals surface area (Å²) in [6.45, 7) is 0.880. The molecule has 0 aromatic heterocycles. The Morgan fingerprint density at radius 1 is 1.18 bits per heavy atom. The summed E-state index contributed by atoms with van der Waals surface area (Å²) in [5.41, 5.74) is -2.59. The molecule has 0 amide bonds. The maximum Gasteiger partial charge on any atom is 0.351 e. The number of methoxy groups -OCH3 is 2. The van der Waals surface area contributed by atoms with E-state index in [1.807, 2.05) is 0 Å². The first-order valence-electron chi connectivity index (χ1n) is 4.89. The Labute approximate surface area is 98.3 Å². The third kappa shape index (κ3) is 2.61. The third-order valence-electron chi connectivity index (χ3n) is 2.35. The number of carbonyl (C=O) groups excluding carboxylic acids is 2. The van der Waals surface area contributed by atoms with Crippen LogP contribution in [-0.2, 0) is 9.53 Å². The van der Waals surface area contributed by atoms with Gasteiger partial charge in [-0.15, -0.1) is 0 Å². The predicted octanol–water partition coefficient (Wildman–Crippen LogP) is 1.78. The molecule has 0 spiro atoms. The van der Waals surface area contributed by atoms with Gasteiger partial charge < -0.3 is 9.47 Å². The summed E-state index contributed by atoms with van der Waals surface area (Å²) in [7, 11) is 2.51. The average molecular weight is 240 g/mol. The maximum absolute atomic E-state index is 13.9. The number of hydrogen-bond donors (Lipinski definition) is 0. The van der Waals surface area contributed by atoms with Crippen LogP contribution in [0.3, 0.4) is 0 Å². The Bertz CT molecular complexity index is 423. The Kier molecular flexibility index (Phi) is 3.83. The highest BCUT2D eigenvalue weighted by atomic mass is 19.1. The minimum atomic E-state index is -2.68. The zero-order valence-electron chi connectivity index (χ0n) is 9.82. The fourth-order valence-electron chi connectivity index (χ4n) is 1.30. The van der Waals surface area contributed by atoms with Crippen LogP contribution in [-0.4, -0.2) is 31.6 Å². The van der Waals surface area contributed by atoms with Crippen LogP contribution in [0.15, 0.2) is 24.3 Å². The molecule has 0 aliphatic carbocycles. The fraction of sp³-hybridized carbons (Fsp3) is 0.333. The second-order valence-corrected chi connectivity index (χ2v) is 3.55. The summed E-state index contributed by atoms with van der Waals surface area (Å²) in [4.78, 5) is 22.9. The Hall–Kier alpha value is -1.91. The molecule has 17 heavy (non-hydrogen) atoms. The minimum Gasteiger partial charge on any atom is -0.497 e. The van der Waals surface area contributed by atoms with Crippen molar-refractivity contribution in [3.05, 3.63) is 29.8 Å². The number of hydrogen-bond acceptors (Lipinski definition) is 4. The lowest BCUT2D eigenvalue weighted by Gasteiger charge is -2.15. The molecule has 0 bridgehead atoms. The quantitative estimate of drug-likeness (QED) is 0.457. The van der Waals surface area contributed by atoms with Crippen molar-refractivity contribution in [2.24, 2.45) is 0 Å². The topological polar surface area (TPSA) is 52.6 Å². The zero-order valence-corrected chi connectivity index (χ0v) is 9.82. The van der Waals surface area contributed by atoms with Gasteiger partial charge in [-0.3, -0.25) is 4.79 Å². The van der Waals surface area contributed by atoms with Gasteiger partial charge in [0.1, 0.15) is 5.75 Å². The Morgan fingerprint density at radius 2 is 1.71 bits per heavy atom. The summed E-state index contributed by atoms with van der Waals surface area (Å²) in [6, 6.07) is 5.81. The van der Waals surface area contributed by atoms with Gasteiger partial charge in [-0.25, -0.2) is 9.18 Å². The smallest absolute Gasteiger partial charge is 0.351 e. The molecule has 1 atom stereocenters. The summed E-state index contributed by atoms with van der Waals surface area (Å²) < 4.78 is 23.0. The number of ether oxygens (including phenoxy) is 2. The molecule has 0 heterocycles. The number of carbonyl (C=O) groups is 2. The van der Waals surface area contributed by atoms with Crippen molar-refractivity contribution in [2.75, 3.05) is 14.2 Å². The lowest BCUT2D eigenvalue weighted by Crippen LogP contribution is -2.40. The molecule has 0 saturated heterocycles. The van der Waals surface area contributed by atoms with Crippen LogP contribution in [0.2, 0.25) is 0 Å². The average Bonchev–Trinajstić information content (AvgIpc) is 2.36. The van der Waals surface area contributed by atoms with E-state index in [0.29, 0.717) is 5.75 Å². The van der Waals surface area contributed by atoms with E-state index in [0.717, 1.165) is 14.0 Å². The van der Waals surface area contributed by atoms with Crippen molar-refractivity contribution >= 4 is 11.8 Å². The normalized spacial score (nSPS) is 13.6. The molecule has 1 aromatic rings. The molecule has 0 fully saturated rings. The number of Topliss-reactive ketones (excluding diaryl/α,β-unsaturated/α-hetero) is 1. The highest BCUT2D eigenvalue weighted by Crippen LogP contribution is 2.21. The summed E-state index contributed by atoms with van der Waals surface area (Å²) in [5.74, 6) is -1.61. The third-order valence-corrected chi connectivity index (χ3v) is 2.35. The van der Waals surface area contributed by atoms with Crippen molar-refractivity contribution in [3.8, 4) is 5.75 Å². The van der Waals surface area contributed by atoms with Crippen LogP contribution in [0.25, 0.3) is 0 Å². The molecular weight excluding hydrogens is 227 g/mol. The van der Waals surface area contributed by atoms with Crippen molar-refractivity contribution in [2.45, 2.75) is 12.6 Å². The van der Waals surface area contributed by atoms with Crippen LogP contribution in [0.1, 0.15) is 17.3 Å². The highest BCUT2D eigenvalue weighted by molar-refractivity contribution is 6.14. The molecule has 0 N–H and O–H groups in total. The monoisotopic (exact) mass is 240 g/mol. The van der Waals surface area contributed by atoms with Gasteiger partial charge in [-0.2, -0.15) is 0 Å². The number of benzene rings is 1. The number of alkyl halides is 1. The van der Waals surface area contributed by atoms with Gasteiger partial charge in [0, 0.05) is 5.56 Å². The molecular formula is C12H13FO4. The summed E-state index contributed by atoms with van der Waals surface area (Å²) in [6.07, 6.45) is 0. The molecule has 0 radical (unpaired) electrons. The minimum absolute atomic E-state index is 0.0844. The van der Waals surface area contributed by atoms with E-state index in [-0.39, 0.29) is 5.56 Å². The number of esters is 1. The van der Waals surface area contributed by atoms with E-state index >= 15 is 0 Å². The SMILES string of the molecule is COC(=O)[C@](C)(F)C(=O)c1ccc(OC)cc1. The van der Waals surface area contributed by atoms with Crippen molar-refractivity contribution < 1.29 is 23.5 Å². The zero-order chi connectivity index (χ0) is 13.1. The lowest BCUT2D eigenvalue weighted by atomic mass is 9.96. The summed E-state index contributed by atoms with van der Waals surface area (Å²) in [5, 5.41) is 0. The maximum atomic E-state index is 13.9. The molecule has 0 aliphatic rings. The van der Waals surface area contributed by atoms with Gasteiger partial charge in [0.15, 0.2) is 0 Å². The van der Waals surface area contributed by atoms with Crippen molar-refractivity contribution in [1.29, 1.82) is 0 Å². The second kappa shape index (κ2) is 4.95. The fourth-order valence-corrected chi connectivity index (χ4v) is 1.30. The predicted molar refractivity (Wildman–Crippen MR) is 58.9 cm³/mol. The van der Waals surface area contributed by atoms with E-state index in [2.05, 4.69) is 4.74 Å². The van der Waals surface area contributed by atoms with Crippen molar-refractivity contribution in [1.82, 2.24) is 0 Å². The van der Waals surface area contributed by atoms with Gasteiger partial charge >= 0.3 is 5.97 Å². The molecule has 0 unspecified atom stereocenters. The van der Waals surface area contributed by atoms with Crippen LogP contribution in [0, 0.1) is 0 Å². The first kappa shape index (κ1) is 13.2. The van der Waals surface area contributed by atoms with Crippen LogP contribution in [0.4, 0.5) is 4.39 Å². The highest BCUT2D eigenvalue weighted by Gasteiger charge is 2.43. The molecule has 0 saturated carbocycles. The summed E-state index contributed by atoms with van der Waals surface area (Å²) >= 11 is 0. The van der Waals surface area contributed by atoms with Gasteiger partial charge in [-0.05, 0) is 31.2 Å². The number of halogens is 1. The molecule has 1 aromatic carbocycles. The molecule has 1 rings (SSSR count). The molecule has 92 valence electrons. The molecule has 4 nitrogen and oxygen atoms in total. The Balaban J connectivity index is 2.99. The van der Waals surface area contributed by atoms with Gasteiger partial charge in [0.2, 0.25) is 5.78 Å². The van der Waals surface area contributed by atoms with E-state index in [4.69, 9.17) is 4.74 Å². The van der Waals surface area contributed by atoms with Crippen LogP contribution in [0.5, 0.6) is 5.75 Å². The first-order chi connectivity index (χ1) is 7.93. The number of ketones is 1. The van der Waals surface area contributed by atoms with E-state index < -0.39 is 17.4 Å². The van der Waals surface area contributed by atoms with Gasteiger partial charge in [0.25, 0.3) is 5.67 Å². The molecule has 5 heteroatoms. The van der Waals surface area contributed by atoms with Gasteiger partial charge in [-0.1, -0.05) is 0 Å². The van der Waals surface area contributed by atoms with Crippen LogP contribution >= 0.6 is 0 Å². The first-order valence-corrected chi connectivity index (χ1v) is 4.89. The lowest BCUT2D eigenvalue weighted by molar-refractivity contribution is -0.150. The van der Waals surface area contributed by atoms with Crippen LogP contribution < -0.4 is 4.74 Å². The second-order valence-electron chi connectivity index (χ2n) is 3.55. The van der Waals surface area contributed by atoms with E-state index in [1.165, 1.54) is 31.4 Å². The molecule has 0 aliphatic heterocycles. The Morgan fingerprint density at radius 3 is 2.12 bits per heavy atom. The number of rotatable bonds is 4.